The molecule has 0 amide bonds. The molecule has 1 aromatic rings. The van der Waals surface area contributed by atoms with Crippen LogP contribution < -0.4 is 5.73 Å². The van der Waals surface area contributed by atoms with E-state index in [9.17, 15) is 10.1 Å². The van der Waals surface area contributed by atoms with Crippen molar-refractivity contribution in [2.24, 2.45) is 11.7 Å². The number of rotatable bonds is 4. The molecular formula is C11H14BrClN2O2. The highest BCUT2D eigenvalue weighted by Crippen LogP contribution is 2.37. The smallest absolute Gasteiger partial charge is 0.283 e. The Bertz CT molecular complexity index is 424. The summed E-state index contributed by atoms with van der Waals surface area (Å²) in [5.41, 5.74) is 6.95. The van der Waals surface area contributed by atoms with E-state index in [2.05, 4.69) is 15.9 Å². The van der Waals surface area contributed by atoms with Gasteiger partial charge in [0.15, 0.2) is 0 Å². The summed E-state index contributed by atoms with van der Waals surface area (Å²) in [6.07, 6.45) is 3.41. The van der Waals surface area contributed by atoms with Crippen LogP contribution in [0.25, 0.3) is 0 Å². The molecule has 6 heteroatoms. The van der Waals surface area contributed by atoms with Gasteiger partial charge in [0.05, 0.1) is 9.40 Å². The number of nitrogens with two attached hydrogens (primary N) is 1. The summed E-state index contributed by atoms with van der Waals surface area (Å²) >= 11 is 3.16. The molecule has 1 saturated carbocycles. The van der Waals surface area contributed by atoms with Gasteiger partial charge in [-0.3, -0.25) is 10.1 Å². The monoisotopic (exact) mass is 320 g/mol. The second-order valence-corrected chi connectivity index (χ2v) is 5.11. The highest BCUT2D eigenvalue weighted by Gasteiger charge is 2.25. The molecule has 0 heterocycles. The molecule has 0 saturated heterocycles. The Labute approximate surface area is 114 Å². The lowest BCUT2D eigenvalue weighted by Gasteiger charge is -2.11. The Kier molecular flexibility index (Phi) is 4.91. The molecule has 1 aliphatic carbocycles. The molecule has 0 radical (unpaired) electrons. The molecule has 17 heavy (non-hydrogen) atoms. The summed E-state index contributed by atoms with van der Waals surface area (Å²) in [6, 6.07) is 5.03. The largest absolute Gasteiger partial charge is 0.324 e. The van der Waals surface area contributed by atoms with Gasteiger partial charge >= 0.3 is 0 Å². The molecule has 1 fully saturated rings. The molecule has 94 valence electrons. The van der Waals surface area contributed by atoms with Gasteiger partial charge in [-0.1, -0.05) is 18.9 Å². The summed E-state index contributed by atoms with van der Waals surface area (Å²) in [5, 5.41) is 10.8. The van der Waals surface area contributed by atoms with Crippen molar-refractivity contribution in [1.29, 1.82) is 0 Å². The Morgan fingerprint density at radius 2 is 2.18 bits per heavy atom. The van der Waals surface area contributed by atoms with Gasteiger partial charge < -0.3 is 5.73 Å². The van der Waals surface area contributed by atoms with Crippen molar-refractivity contribution in [2.45, 2.75) is 25.3 Å². The highest BCUT2D eigenvalue weighted by molar-refractivity contribution is 9.10. The van der Waals surface area contributed by atoms with Crippen molar-refractivity contribution < 1.29 is 4.92 Å². The number of hydrogen-bond acceptors (Lipinski definition) is 3. The number of hydrogen-bond donors (Lipinski definition) is 1. The van der Waals surface area contributed by atoms with E-state index in [1.165, 1.54) is 12.8 Å². The quantitative estimate of drug-likeness (QED) is 0.680. The fourth-order valence-corrected chi connectivity index (χ4v) is 2.14. The third-order valence-corrected chi connectivity index (χ3v) is 3.55. The second-order valence-electron chi connectivity index (χ2n) is 4.25. The van der Waals surface area contributed by atoms with Crippen molar-refractivity contribution in [3.63, 3.8) is 0 Å². The lowest BCUT2D eigenvalue weighted by Crippen LogP contribution is -2.11. The fourth-order valence-electron chi connectivity index (χ4n) is 1.75. The molecule has 0 spiro atoms. The molecule has 0 aliphatic heterocycles. The van der Waals surface area contributed by atoms with Crippen LogP contribution in [0.4, 0.5) is 5.69 Å². The van der Waals surface area contributed by atoms with Crippen LogP contribution in [0.15, 0.2) is 22.7 Å². The van der Waals surface area contributed by atoms with Crippen molar-refractivity contribution in [2.75, 3.05) is 0 Å². The number of nitro groups is 1. The van der Waals surface area contributed by atoms with Crippen LogP contribution >= 0.6 is 28.3 Å². The molecule has 1 aliphatic rings. The van der Waals surface area contributed by atoms with E-state index in [1.54, 1.807) is 12.1 Å². The molecule has 2 N–H and O–H groups in total. The normalized spacial score (nSPS) is 16.1. The molecule has 1 aromatic carbocycles. The van der Waals surface area contributed by atoms with E-state index in [0.29, 0.717) is 4.47 Å². The molecule has 4 nitrogen and oxygen atoms in total. The van der Waals surface area contributed by atoms with Gasteiger partial charge in [-0.2, -0.15) is 0 Å². The van der Waals surface area contributed by atoms with Gasteiger partial charge in [-0.05, 0) is 39.9 Å². The SMILES string of the molecule is Cl.N[C@@H](CC1CC1)c1ccc(Br)c([N+](=O)[O-])c1. The maximum absolute atomic E-state index is 10.8. The van der Waals surface area contributed by atoms with Gasteiger partial charge in [-0.25, -0.2) is 0 Å². The van der Waals surface area contributed by atoms with Crippen LogP contribution in [0.2, 0.25) is 0 Å². The maximum Gasteiger partial charge on any atom is 0.283 e. The molecular weight excluding hydrogens is 307 g/mol. The summed E-state index contributed by atoms with van der Waals surface area (Å²) in [7, 11) is 0. The third kappa shape index (κ3) is 3.66. The van der Waals surface area contributed by atoms with Crippen LogP contribution in [0.3, 0.4) is 0 Å². The molecule has 0 unspecified atom stereocenters. The second kappa shape index (κ2) is 5.80. The van der Waals surface area contributed by atoms with E-state index < -0.39 is 4.92 Å². The first-order valence-corrected chi connectivity index (χ1v) is 6.06. The zero-order valence-corrected chi connectivity index (χ0v) is 11.5. The standard InChI is InChI=1S/C11H13BrN2O2.ClH/c12-9-4-3-8(6-11(9)14(15)16)10(13)5-7-1-2-7;/h3-4,6-7,10H,1-2,5,13H2;1H/t10-;/m0./s1. The van der Waals surface area contributed by atoms with Gasteiger partial charge in [-0.15, -0.1) is 12.4 Å². The number of nitrogens with zero attached hydrogens (tertiary/aromatic N) is 1. The zero-order valence-electron chi connectivity index (χ0n) is 9.14. The number of halogens is 2. The first-order valence-electron chi connectivity index (χ1n) is 5.27. The summed E-state index contributed by atoms with van der Waals surface area (Å²) in [4.78, 5) is 10.4. The highest BCUT2D eigenvalue weighted by atomic mass is 79.9. The van der Waals surface area contributed by atoms with E-state index in [0.717, 1.165) is 17.9 Å². The van der Waals surface area contributed by atoms with Crippen LogP contribution in [-0.2, 0) is 0 Å². The van der Waals surface area contributed by atoms with Gasteiger partial charge in [0.2, 0.25) is 0 Å². The average molecular weight is 322 g/mol. The Balaban J connectivity index is 0.00000144. The van der Waals surface area contributed by atoms with Gasteiger partial charge in [0.1, 0.15) is 0 Å². The minimum atomic E-state index is -0.391. The maximum atomic E-state index is 10.8. The van der Waals surface area contributed by atoms with Crippen molar-refractivity contribution in [3.05, 3.63) is 38.3 Å². The molecule has 2 rings (SSSR count). The predicted octanol–water partition coefficient (Wildman–Crippen LogP) is 3.58. The minimum absolute atomic E-state index is 0. The number of benzene rings is 1. The summed E-state index contributed by atoms with van der Waals surface area (Å²) in [5.74, 6) is 0.720. The lowest BCUT2D eigenvalue weighted by molar-refractivity contribution is -0.385. The summed E-state index contributed by atoms with van der Waals surface area (Å²) in [6.45, 7) is 0. The van der Waals surface area contributed by atoms with Crippen LogP contribution in [-0.4, -0.2) is 4.92 Å². The van der Waals surface area contributed by atoms with Gasteiger partial charge in [0.25, 0.3) is 5.69 Å². The van der Waals surface area contributed by atoms with Gasteiger partial charge in [0, 0.05) is 12.1 Å². The number of nitro benzene ring substituents is 1. The van der Waals surface area contributed by atoms with Crippen molar-refractivity contribution in [1.82, 2.24) is 0 Å². The molecule has 0 aromatic heterocycles. The third-order valence-electron chi connectivity index (χ3n) is 2.88. The average Bonchev–Trinajstić information content (AvgIpc) is 3.01. The Morgan fingerprint density at radius 1 is 1.53 bits per heavy atom. The van der Waals surface area contributed by atoms with E-state index in [-0.39, 0.29) is 24.1 Å². The van der Waals surface area contributed by atoms with E-state index in [1.807, 2.05) is 6.07 Å². The first kappa shape index (κ1) is 14.4. The summed E-state index contributed by atoms with van der Waals surface area (Å²) < 4.78 is 0.500. The van der Waals surface area contributed by atoms with Crippen LogP contribution in [0.1, 0.15) is 30.9 Å². The van der Waals surface area contributed by atoms with Crippen LogP contribution in [0.5, 0.6) is 0 Å². The minimum Gasteiger partial charge on any atom is -0.324 e. The Morgan fingerprint density at radius 3 is 2.71 bits per heavy atom. The Hall–Kier alpha value is -0.650. The van der Waals surface area contributed by atoms with E-state index >= 15 is 0 Å². The van der Waals surface area contributed by atoms with E-state index in [4.69, 9.17) is 5.73 Å². The topological polar surface area (TPSA) is 69.2 Å². The molecule has 1 atom stereocenters. The van der Waals surface area contributed by atoms with Crippen molar-refractivity contribution >= 4 is 34.0 Å². The van der Waals surface area contributed by atoms with Crippen molar-refractivity contribution in [3.8, 4) is 0 Å². The zero-order chi connectivity index (χ0) is 11.7. The predicted molar refractivity (Wildman–Crippen MR) is 72.3 cm³/mol. The first-order chi connectivity index (χ1) is 7.58. The lowest BCUT2D eigenvalue weighted by atomic mass is 10.0. The van der Waals surface area contributed by atoms with Crippen LogP contribution in [0, 0.1) is 16.0 Å². The fraction of sp³-hybridized carbons (Fsp3) is 0.455. The molecule has 0 bridgehead atoms.